The molecule has 1 amide bonds. The van der Waals surface area contributed by atoms with E-state index in [9.17, 15) is 9.90 Å². The van der Waals surface area contributed by atoms with Gasteiger partial charge in [-0.3, -0.25) is 9.69 Å². The summed E-state index contributed by atoms with van der Waals surface area (Å²) in [5, 5.41) is 10.9. The molecule has 4 rings (SSSR count). The molecule has 1 N–H and O–H groups in total. The lowest BCUT2D eigenvalue weighted by atomic mass is 9.84. The van der Waals surface area contributed by atoms with Gasteiger partial charge in [0.1, 0.15) is 12.0 Å². The number of likely N-dealkylation sites (tertiary alicyclic amines) is 1. The lowest BCUT2D eigenvalue weighted by Crippen LogP contribution is -2.45. The van der Waals surface area contributed by atoms with E-state index < -0.39 is 5.60 Å². The number of hydrogen-bond donors (Lipinski definition) is 1. The number of hydrogen-bond acceptors (Lipinski definition) is 5. The molecule has 2 fully saturated rings. The van der Waals surface area contributed by atoms with Gasteiger partial charge in [-0.05, 0) is 24.5 Å². The third-order valence-corrected chi connectivity index (χ3v) is 5.57. The number of furan rings is 1. The highest BCUT2D eigenvalue weighted by molar-refractivity contribution is 5.94. The first-order valence-electron chi connectivity index (χ1n) is 9.59. The molecule has 1 aromatic carbocycles. The highest BCUT2D eigenvalue weighted by atomic mass is 16.5. The number of benzene rings is 1. The smallest absolute Gasteiger partial charge is 0.257 e. The minimum absolute atomic E-state index is 0.0258. The van der Waals surface area contributed by atoms with Crippen molar-refractivity contribution in [1.29, 1.82) is 0 Å². The second kappa shape index (κ2) is 7.84. The van der Waals surface area contributed by atoms with Gasteiger partial charge < -0.3 is 19.2 Å². The number of ether oxygens (including phenoxy) is 1. The number of piperidine rings is 1. The number of aliphatic hydroxyl groups is 1. The van der Waals surface area contributed by atoms with Crippen LogP contribution in [0.1, 0.15) is 34.5 Å². The highest BCUT2D eigenvalue weighted by Gasteiger charge is 2.35. The Morgan fingerprint density at radius 3 is 2.48 bits per heavy atom. The number of amides is 1. The lowest BCUT2D eigenvalue weighted by molar-refractivity contribution is -0.0211. The van der Waals surface area contributed by atoms with Crippen LogP contribution in [-0.2, 0) is 16.9 Å². The average molecular weight is 370 g/mol. The first kappa shape index (κ1) is 18.2. The molecule has 2 aliphatic heterocycles. The van der Waals surface area contributed by atoms with Crippen LogP contribution in [0, 0.1) is 0 Å². The molecule has 2 saturated heterocycles. The molecular formula is C21H26N2O4. The molecule has 6 heteroatoms. The fraction of sp³-hybridized carbons (Fsp3) is 0.476. The van der Waals surface area contributed by atoms with Crippen LogP contribution in [-0.4, -0.2) is 60.2 Å². The fourth-order valence-electron chi connectivity index (χ4n) is 3.85. The van der Waals surface area contributed by atoms with Gasteiger partial charge in [-0.15, -0.1) is 0 Å². The zero-order valence-electron chi connectivity index (χ0n) is 15.5. The molecule has 0 aliphatic carbocycles. The first-order chi connectivity index (χ1) is 13.1. The summed E-state index contributed by atoms with van der Waals surface area (Å²) in [6.45, 7) is 5.02. The number of morpholine rings is 1. The van der Waals surface area contributed by atoms with E-state index in [1.807, 2.05) is 36.4 Å². The summed E-state index contributed by atoms with van der Waals surface area (Å²) in [7, 11) is 0. The van der Waals surface area contributed by atoms with E-state index in [1.165, 1.54) is 0 Å². The van der Waals surface area contributed by atoms with E-state index in [4.69, 9.17) is 9.15 Å². The van der Waals surface area contributed by atoms with Gasteiger partial charge in [-0.2, -0.15) is 0 Å². The normalized spacial score (nSPS) is 20.6. The average Bonchev–Trinajstić information content (AvgIpc) is 3.18. The Morgan fingerprint density at radius 1 is 1.07 bits per heavy atom. The van der Waals surface area contributed by atoms with Crippen LogP contribution < -0.4 is 0 Å². The van der Waals surface area contributed by atoms with E-state index in [1.54, 1.807) is 11.2 Å². The van der Waals surface area contributed by atoms with E-state index in [0.717, 1.165) is 37.6 Å². The van der Waals surface area contributed by atoms with E-state index in [-0.39, 0.29) is 5.91 Å². The van der Waals surface area contributed by atoms with Crippen LogP contribution in [0.5, 0.6) is 0 Å². The largest absolute Gasteiger partial charge is 0.467 e. The molecule has 0 saturated carbocycles. The van der Waals surface area contributed by atoms with Crippen molar-refractivity contribution >= 4 is 5.91 Å². The molecule has 0 atom stereocenters. The van der Waals surface area contributed by atoms with E-state index in [0.29, 0.717) is 38.0 Å². The Bertz CT molecular complexity index is 759. The maximum Gasteiger partial charge on any atom is 0.257 e. The summed E-state index contributed by atoms with van der Waals surface area (Å²) in [6, 6.07) is 11.6. The van der Waals surface area contributed by atoms with Gasteiger partial charge in [-0.1, -0.05) is 30.3 Å². The van der Waals surface area contributed by atoms with Crippen LogP contribution in [0.4, 0.5) is 0 Å². The van der Waals surface area contributed by atoms with Crippen LogP contribution in [0.2, 0.25) is 0 Å². The van der Waals surface area contributed by atoms with Gasteiger partial charge in [0.25, 0.3) is 5.91 Å². The Morgan fingerprint density at radius 2 is 1.78 bits per heavy atom. The Hall–Kier alpha value is -2.15. The molecule has 0 radical (unpaired) electrons. The Balaban J connectivity index is 1.35. The van der Waals surface area contributed by atoms with Gasteiger partial charge in [-0.25, -0.2) is 0 Å². The number of nitrogens with zero attached hydrogens (tertiary/aromatic N) is 2. The van der Waals surface area contributed by atoms with Gasteiger partial charge in [0, 0.05) is 26.2 Å². The van der Waals surface area contributed by atoms with Gasteiger partial charge >= 0.3 is 0 Å². The summed E-state index contributed by atoms with van der Waals surface area (Å²) in [5.74, 6) is 0.778. The van der Waals surface area contributed by atoms with Crippen molar-refractivity contribution < 1.29 is 19.1 Å². The van der Waals surface area contributed by atoms with Gasteiger partial charge in [0.2, 0.25) is 0 Å². The Kier molecular flexibility index (Phi) is 5.29. The minimum Gasteiger partial charge on any atom is -0.467 e. The predicted molar refractivity (Wildman–Crippen MR) is 100 cm³/mol. The maximum absolute atomic E-state index is 12.8. The molecule has 6 nitrogen and oxygen atoms in total. The lowest BCUT2D eigenvalue weighted by Gasteiger charge is -2.38. The summed E-state index contributed by atoms with van der Waals surface area (Å²) in [6.07, 6.45) is 2.64. The Labute approximate surface area is 159 Å². The van der Waals surface area contributed by atoms with Gasteiger partial charge in [0.05, 0.1) is 30.9 Å². The summed E-state index contributed by atoms with van der Waals surface area (Å²) in [5.41, 5.74) is 0.659. The van der Waals surface area contributed by atoms with Crippen LogP contribution >= 0.6 is 0 Å². The number of carbonyl (C=O) groups excluding carboxylic acids is 1. The van der Waals surface area contributed by atoms with Crippen molar-refractivity contribution in [2.45, 2.75) is 25.0 Å². The summed E-state index contributed by atoms with van der Waals surface area (Å²) in [4.78, 5) is 16.9. The van der Waals surface area contributed by atoms with Crippen LogP contribution in [0.25, 0.3) is 0 Å². The van der Waals surface area contributed by atoms with Crippen molar-refractivity contribution in [2.24, 2.45) is 0 Å². The fourth-order valence-corrected chi connectivity index (χ4v) is 3.85. The number of carbonyl (C=O) groups is 1. The summed E-state index contributed by atoms with van der Waals surface area (Å²) < 4.78 is 11.0. The topological polar surface area (TPSA) is 66.2 Å². The molecule has 27 heavy (non-hydrogen) atoms. The van der Waals surface area contributed by atoms with Crippen molar-refractivity contribution in [3.63, 3.8) is 0 Å². The third-order valence-electron chi connectivity index (χ3n) is 5.57. The molecule has 1 aromatic heterocycles. The second-order valence-electron chi connectivity index (χ2n) is 7.38. The standard InChI is InChI=1S/C21H26N2O4/c24-20(17-14-19(27-16-17)15-22-10-12-26-13-11-22)23-8-6-21(25,7-9-23)18-4-2-1-3-5-18/h1-5,14,16,25H,6-13,15H2. The van der Waals surface area contributed by atoms with Crippen LogP contribution in [0.3, 0.4) is 0 Å². The zero-order valence-corrected chi connectivity index (χ0v) is 15.5. The molecule has 3 heterocycles. The minimum atomic E-state index is -0.851. The maximum atomic E-state index is 12.8. The third kappa shape index (κ3) is 4.08. The van der Waals surface area contributed by atoms with E-state index >= 15 is 0 Å². The van der Waals surface area contributed by atoms with Crippen molar-refractivity contribution in [1.82, 2.24) is 9.80 Å². The highest BCUT2D eigenvalue weighted by Crippen LogP contribution is 2.33. The van der Waals surface area contributed by atoms with Crippen LogP contribution in [0.15, 0.2) is 47.1 Å². The molecular weight excluding hydrogens is 344 g/mol. The first-order valence-corrected chi connectivity index (χ1v) is 9.59. The van der Waals surface area contributed by atoms with Crippen molar-refractivity contribution in [3.05, 3.63) is 59.5 Å². The van der Waals surface area contributed by atoms with Gasteiger partial charge in [0.15, 0.2) is 0 Å². The zero-order chi connectivity index (χ0) is 18.7. The molecule has 0 bridgehead atoms. The quantitative estimate of drug-likeness (QED) is 0.894. The molecule has 2 aromatic rings. The molecule has 144 valence electrons. The molecule has 0 spiro atoms. The SMILES string of the molecule is O=C(c1coc(CN2CCOCC2)c1)N1CCC(O)(c2ccccc2)CC1. The van der Waals surface area contributed by atoms with Crippen molar-refractivity contribution in [2.75, 3.05) is 39.4 Å². The molecule has 2 aliphatic rings. The summed E-state index contributed by atoms with van der Waals surface area (Å²) >= 11 is 0. The predicted octanol–water partition coefficient (Wildman–Crippen LogP) is 2.24. The number of rotatable bonds is 4. The monoisotopic (exact) mass is 370 g/mol. The second-order valence-corrected chi connectivity index (χ2v) is 7.38. The van der Waals surface area contributed by atoms with E-state index in [2.05, 4.69) is 4.90 Å². The molecule has 0 unspecified atom stereocenters. The van der Waals surface area contributed by atoms with Crippen molar-refractivity contribution in [3.8, 4) is 0 Å².